The monoisotopic (exact) mass is 700 g/mol. The number of hydrogen-bond donors (Lipinski definition) is 1. The number of aromatic nitrogens is 4. The lowest BCUT2D eigenvalue weighted by Gasteiger charge is -2.26. The molecule has 0 radical (unpaired) electrons. The van der Waals surface area contributed by atoms with Crippen LogP contribution in [0.15, 0.2) is 41.3 Å². The van der Waals surface area contributed by atoms with Crippen molar-refractivity contribution in [1.82, 2.24) is 30.4 Å². The number of thioether (sulfide) groups is 1. The number of tetrazole rings is 1. The Bertz CT molecular complexity index is 1560. The lowest BCUT2D eigenvalue weighted by Crippen LogP contribution is -2.38. The number of halogens is 6. The third-order valence-corrected chi connectivity index (χ3v) is 8.91. The molecule has 0 saturated carbocycles. The lowest BCUT2D eigenvalue weighted by atomic mass is 9.97. The van der Waals surface area contributed by atoms with Crippen molar-refractivity contribution in [1.29, 1.82) is 0 Å². The number of aryl methyl sites for hydroxylation is 1. The normalized spacial score (nSPS) is 17.2. The van der Waals surface area contributed by atoms with E-state index in [-0.39, 0.29) is 34.6 Å². The summed E-state index contributed by atoms with van der Waals surface area (Å²) in [6, 6.07) is 5.74. The smallest absolute Gasteiger partial charge is 0.416 e. The van der Waals surface area contributed by atoms with Gasteiger partial charge in [0.1, 0.15) is 16.7 Å². The molecule has 2 saturated heterocycles. The fourth-order valence-electron chi connectivity index (χ4n) is 5.06. The number of nitrogens with zero attached hydrogens (tertiary/aromatic N) is 5. The average molecular weight is 701 g/mol. The second kappa shape index (κ2) is 15.1. The van der Waals surface area contributed by atoms with Gasteiger partial charge in [0.2, 0.25) is 0 Å². The standard InChI is InChI=1S/C30H30F6N6O3S2/c31-29(32,33)22-15-20(16-23(18-22)30(34,35)36)19-5-6-24(45-13-10-41-8-11-44-12-9-41)21(14-19)17-25-27(43)42(28(46)47-25)7-3-1-2-4-26-37-39-40-38-26/h5-6,14-18H,1-4,7-13H2,(H,37,38,39,40). The number of H-pyrrole nitrogens is 1. The van der Waals surface area contributed by atoms with Crippen molar-refractivity contribution in [3.8, 4) is 16.9 Å². The summed E-state index contributed by atoms with van der Waals surface area (Å²) in [4.78, 5) is 17.3. The average Bonchev–Trinajstić information content (AvgIpc) is 3.64. The third kappa shape index (κ3) is 9.30. The van der Waals surface area contributed by atoms with Crippen LogP contribution in [-0.4, -0.2) is 86.7 Å². The van der Waals surface area contributed by atoms with Crippen LogP contribution in [-0.2, 0) is 28.3 Å². The van der Waals surface area contributed by atoms with E-state index < -0.39 is 23.5 Å². The number of carbonyl (C=O) groups is 1. The molecule has 9 nitrogen and oxygen atoms in total. The summed E-state index contributed by atoms with van der Waals surface area (Å²) < 4.78 is 93.3. The summed E-state index contributed by atoms with van der Waals surface area (Å²) in [5, 5.41) is 13.7. The van der Waals surface area contributed by atoms with Crippen LogP contribution in [0.1, 0.15) is 41.8 Å². The topological polar surface area (TPSA) is 96.5 Å². The van der Waals surface area contributed by atoms with E-state index in [1.165, 1.54) is 29.2 Å². The Morgan fingerprint density at radius 3 is 2.34 bits per heavy atom. The van der Waals surface area contributed by atoms with Gasteiger partial charge in [-0.3, -0.25) is 14.6 Å². The van der Waals surface area contributed by atoms with Crippen LogP contribution in [0.5, 0.6) is 5.75 Å². The molecule has 5 rings (SSSR count). The van der Waals surface area contributed by atoms with Gasteiger partial charge in [0.25, 0.3) is 5.91 Å². The number of carbonyl (C=O) groups excluding carboxylic acids is 1. The molecule has 0 spiro atoms. The Hall–Kier alpha value is -3.54. The molecule has 0 aliphatic carbocycles. The lowest BCUT2D eigenvalue weighted by molar-refractivity contribution is -0.143. The van der Waals surface area contributed by atoms with Gasteiger partial charge in [-0.05, 0) is 60.4 Å². The number of amides is 1. The van der Waals surface area contributed by atoms with Gasteiger partial charge in [0.05, 0.1) is 29.2 Å². The molecule has 1 N–H and O–H groups in total. The van der Waals surface area contributed by atoms with Crippen LogP contribution in [0.25, 0.3) is 17.2 Å². The van der Waals surface area contributed by atoms with E-state index in [9.17, 15) is 31.1 Å². The van der Waals surface area contributed by atoms with Gasteiger partial charge >= 0.3 is 12.4 Å². The van der Waals surface area contributed by atoms with Crippen LogP contribution in [0.2, 0.25) is 0 Å². The first-order chi connectivity index (χ1) is 22.4. The van der Waals surface area contributed by atoms with E-state index in [1.807, 2.05) is 0 Å². The van der Waals surface area contributed by atoms with Crippen molar-refractivity contribution >= 4 is 40.3 Å². The fraction of sp³-hybridized carbons (Fsp3) is 0.433. The number of rotatable bonds is 12. The molecule has 47 heavy (non-hydrogen) atoms. The predicted octanol–water partition coefficient (Wildman–Crippen LogP) is 6.23. The molecule has 3 aromatic rings. The van der Waals surface area contributed by atoms with Crippen molar-refractivity contribution in [2.24, 2.45) is 0 Å². The zero-order valence-corrected chi connectivity index (χ0v) is 26.5. The van der Waals surface area contributed by atoms with Gasteiger partial charge in [-0.25, -0.2) is 0 Å². The van der Waals surface area contributed by atoms with Crippen LogP contribution in [0.4, 0.5) is 26.3 Å². The van der Waals surface area contributed by atoms with Gasteiger partial charge in [-0.1, -0.05) is 41.7 Å². The Labute approximate surface area is 275 Å². The Balaban J connectivity index is 1.39. The number of alkyl halides is 6. The maximum absolute atomic E-state index is 13.6. The van der Waals surface area contributed by atoms with Crippen molar-refractivity contribution in [3.63, 3.8) is 0 Å². The summed E-state index contributed by atoms with van der Waals surface area (Å²) in [6.07, 6.45) is -5.61. The molecule has 2 aliphatic rings. The summed E-state index contributed by atoms with van der Waals surface area (Å²) in [6.45, 7) is 3.85. The second-order valence-corrected chi connectivity index (χ2v) is 12.5. The Morgan fingerprint density at radius 2 is 1.68 bits per heavy atom. The fourth-order valence-corrected chi connectivity index (χ4v) is 6.36. The van der Waals surface area contributed by atoms with Crippen molar-refractivity contribution in [3.05, 3.63) is 63.8 Å². The van der Waals surface area contributed by atoms with Gasteiger partial charge in [0, 0.05) is 38.2 Å². The molecule has 3 heterocycles. The highest BCUT2D eigenvalue weighted by molar-refractivity contribution is 8.26. The molecule has 0 bridgehead atoms. The molecular formula is C30H30F6N6O3S2. The van der Waals surface area contributed by atoms with Crippen molar-refractivity contribution in [2.45, 2.75) is 38.0 Å². The summed E-state index contributed by atoms with van der Waals surface area (Å²) in [7, 11) is 0. The first kappa shape index (κ1) is 34.8. The molecular weight excluding hydrogens is 670 g/mol. The minimum atomic E-state index is -5.00. The van der Waals surface area contributed by atoms with Crippen LogP contribution < -0.4 is 4.74 Å². The quantitative estimate of drug-likeness (QED) is 0.102. The van der Waals surface area contributed by atoms with Crippen molar-refractivity contribution < 1.29 is 40.6 Å². The highest BCUT2D eigenvalue weighted by Gasteiger charge is 2.37. The second-order valence-electron chi connectivity index (χ2n) is 10.8. The highest BCUT2D eigenvalue weighted by atomic mass is 32.2. The molecule has 0 unspecified atom stereocenters. The number of hydrogen-bond acceptors (Lipinski definition) is 9. The molecule has 0 atom stereocenters. The van der Waals surface area contributed by atoms with E-state index >= 15 is 0 Å². The van der Waals surface area contributed by atoms with Crippen LogP contribution in [0.3, 0.4) is 0 Å². The van der Waals surface area contributed by atoms with E-state index in [0.29, 0.717) is 72.7 Å². The molecule has 252 valence electrons. The van der Waals surface area contributed by atoms with Crippen LogP contribution >= 0.6 is 24.0 Å². The molecule has 2 fully saturated rings. The Kier molecular flexibility index (Phi) is 11.2. The van der Waals surface area contributed by atoms with Crippen LogP contribution in [0, 0.1) is 0 Å². The van der Waals surface area contributed by atoms with Gasteiger partial charge in [-0.2, -0.15) is 31.6 Å². The number of thiocarbonyl (C=S) groups is 1. The number of morpholine rings is 1. The summed E-state index contributed by atoms with van der Waals surface area (Å²) in [5.41, 5.74) is -2.72. The molecule has 17 heteroatoms. The number of aromatic amines is 1. The first-order valence-corrected chi connectivity index (χ1v) is 16.0. The van der Waals surface area contributed by atoms with Gasteiger partial charge in [0.15, 0.2) is 5.82 Å². The zero-order valence-electron chi connectivity index (χ0n) is 24.9. The molecule has 1 amide bonds. The van der Waals surface area contributed by atoms with E-state index in [1.54, 1.807) is 0 Å². The van der Waals surface area contributed by atoms with Gasteiger partial charge < -0.3 is 9.47 Å². The maximum atomic E-state index is 13.6. The minimum absolute atomic E-state index is 0.0874. The third-order valence-electron chi connectivity index (χ3n) is 7.53. The van der Waals surface area contributed by atoms with E-state index in [2.05, 4.69) is 25.5 Å². The number of nitrogens with one attached hydrogen (secondary N) is 1. The largest absolute Gasteiger partial charge is 0.492 e. The molecule has 2 aromatic carbocycles. The summed E-state index contributed by atoms with van der Waals surface area (Å²) in [5.74, 6) is 0.571. The molecule has 1 aromatic heterocycles. The minimum Gasteiger partial charge on any atom is -0.492 e. The highest BCUT2D eigenvalue weighted by Crippen LogP contribution is 2.40. The number of benzene rings is 2. The molecule has 2 aliphatic heterocycles. The van der Waals surface area contributed by atoms with E-state index in [4.69, 9.17) is 21.7 Å². The SMILES string of the molecule is O=C1C(=Cc2cc(-c3cc(C(F)(F)F)cc(C(F)(F)F)c3)ccc2OCCN2CCOCC2)SC(=S)N1CCCCCc1nn[nH]n1. The maximum Gasteiger partial charge on any atom is 0.416 e. The number of ether oxygens (including phenoxy) is 2. The first-order valence-electron chi connectivity index (χ1n) is 14.7. The Morgan fingerprint density at radius 1 is 0.957 bits per heavy atom. The van der Waals surface area contributed by atoms with E-state index in [0.717, 1.165) is 37.7 Å². The predicted molar refractivity (Wildman–Crippen MR) is 166 cm³/mol. The van der Waals surface area contributed by atoms with Gasteiger partial charge in [-0.15, -0.1) is 10.2 Å². The number of unbranched alkanes of at least 4 members (excludes halogenated alkanes) is 2. The van der Waals surface area contributed by atoms with Crippen molar-refractivity contribution in [2.75, 3.05) is 46.0 Å². The zero-order chi connectivity index (χ0) is 33.6. The summed E-state index contributed by atoms with van der Waals surface area (Å²) >= 11 is 6.53.